The minimum atomic E-state index is -0.906. The Bertz CT molecular complexity index is 1640. The van der Waals surface area contributed by atoms with Crippen LogP contribution in [0.3, 0.4) is 0 Å². The summed E-state index contributed by atoms with van der Waals surface area (Å²) in [5.41, 5.74) is 0.254. The van der Waals surface area contributed by atoms with Crippen LogP contribution < -0.4 is 0 Å². The normalized spacial score (nSPS) is 9.02. The Balaban J connectivity index is -0.000000193. The SMILES string of the molecule is C=CC(=O)OC.CC(=O)O.CC(=O)O.COC(=O)/C=C/c1ccc(O)cc1F.COC(=O)CCc1cc(F)c(O)cc1F.Oc1cc(F)c(Br)cc1F.[HH].[Pd]. The van der Waals surface area contributed by atoms with Crippen molar-refractivity contribution in [3.05, 3.63) is 106 Å². The monoisotopic (exact) mass is 934 g/mol. The molecule has 0 aliphatic carbocycles. The van der Waals surface area contributed by atoms with E-state index < -0.39 is 70.4 Å². The van der Waals surface area contributed by atoms with E-state index in [2.05, 4.69) is 36.7 Å². The summed E-state index contributed by atoms with van der Waals surface area (Å²) in [7, 11) is 3.76. The number of esters is 3. The summed E-state index contributed by atoms with van der Waals surface area (Å²) in [6.45, 7) is 5.32. The third kappa shape index (κ3) is 29.3. The number of phenolic OH excluding ortho intramolecular Hbond substituents is 3. The first kappa shape index (κ1) is 55.4. The number of phenols is 3. The fourth-order valence-electron chi connectivity index (χ4n) is 2.58. The van der Waals surface area contributed by atoms with Crippen LogP contribution in [0, 0.1) is 29.1 Å². The van der Waals surface area contributed by atoms with Crippen LogP contribution in [0.4, 0.5) is 22.0 Å². The molecule has 54 heavy (non-hydrogen) atoms. The largest absolute Gasteiger partial charge is 0.508 e. The number of hydrogen-bond donors (Lipinski definition) is 5. The molecule has 0 aliphatic rings. The molecule has 3 rings (SSSR count). The molecule has 0 saturated heterocycles. The number of carbonyl (C=O) groups is 5. The van der Waals surface area contributed by atoms with Gasteiger partial charge in [0.1, 0.15) is 23.2 Å². The molecular weight excluding hydrogens is 898 g/mol. The van der Waals surface area contributed by atoms with Gasteiger partial charge in [0.25, 0.3) is 11.9 Å². The topological polar surface area (TPSA) is 214 Å². The number of hydrogen-bond acceptors (Lipinski definition) is 11. The zero-order valence-corrected chi connectivity index (χ0v) is 32.1. The van der Waals surface area contributed by atoms with Crippen molar-refractivity contribution in [3.63, 3.8) is 0 Å². The Morgan fingerprint density at radius 2 is 1.19 bits per heavy atom. The first-order chi connectivity index (χ1) is 24.6. The molecule has 0 spiro atoms. The Labute approximate surface area is 329 Å². The molecule has 0 saturated carbocycles. The number of benzene rings is 3. The van der Waals surface area contributed by atoms with Crippen LogP contribution in [0.2, 0.25) is 0 Å². The van der Waals surface area contributed by atoms with Crippen molar-refractivity contribution in [2.45, 2.75) is 26.7 Å². The van der Waals surface area contributed by atoms with E-state index in [9.17, 15) is 36.3 Å². The van der Waals surface area contributed by atoms with Crippen LogP contribution >= 0.6 is 15.9 Å². The molecule has 3 aromatic rings. The molecule has 0 amide bonds. The van der Waals surface area contributed by atoms with Crippen LogP contribution in [-0.2, 0) is 65.0 Å². The van der Waals surface area contributed by atoms with Gasteiger partial charge in [0.15, 0.2) is 23.1 Å². The first-order valence-electron chi connectivity index (χ1n) is 14.0. The summed E-state index contributed by atoms with van der Waals surface area (Å²) in [5.74, 6) is -8.45. The summed E-state index contributed by atoms with van der Waals surface area (Å²) in [6, 6.07) is 6.79. The maximum atomic E-state index is 13.1. The minimum absolute atomic E-state index is 0. The Kier molecular flexibility index (Phi) is 32.1. The summed E-state index contributed by atoms with van der Waals surface area (Å²) < 4.78 is 76.5. The number of carbonyl (C=O) groups excluding carboxylic acids is 3. The molecule has 0 atom stereocenters. The van der Waals surface area contributed by atoms with Gasteiger partial charge in [-0.1, -0.05) is 6.58 Å². The predicted molar refractivity (Wildman–Crippen MR) is 184 cm³/mol. The van der Waals surface area contributed by atoms with Gasteiger partial charge in [-0.15, -0.1) is 0 Å². The van der Waals surface area contributed by atoms with Gasteiger partial charge < -0.3 is 39.7 Å². The van der Waals surface area contributed by atoms with Gasteiger partial charge in [0.05, 0.1) is 25.8 Å². The standard InChI is InChI=1S/C10H10F2O3.C10H9FO3.C6H3BrF2O.C4H6O2.2C2H4O2.Pd.H2/c1-15-10(14)3-2-6-4-8(12)9(13)5-7(6)11;1-14-10(13)5-3-7-2-4-8(12)6-9(7)11;7-3-1-5(9)6(10)2-4(3)8;1-3-4(5)6-2;2*1-2(3)4;;/h4-5,13H,2-3H2,1H3;2-6,12H,1H3;1-2,10H;3H,1H2,2H3;2*1H3,(H,3,4);;1H/b;5-3+;;;;;;. The van der Waals surface area contributed by atoms with Crippen LogP contribution in [-0.4, -0.2) is 76.7 Å². The summed E-state index contributed by atoms with van der Waals surface area (Å²) in [5, 5.41) is 41.2. The van der Waals surface area contributed by atoms with Crippen molar-refractivity contribution in [2.75, 3.05) is 21.3 Å². The maximum Gasteiger partial charge on any atom is 0.330 e. The van der Waals surface area contributed by atoms with Gasteiger partial charge in [0, 0.05) is 78.0 Å². The Morgan fingerprint density at radius 1 is 0.722 bits per heavy atom. The molecule has 13 nitrogen and oxygen atoms in total. The average molecular weight is 936 g/mol. The van der Waals surface area contributed by atoms with Crippen molar-refractivity contribution in [1.29, 1.82) is 0 Å². The van der Waals surface area contributed by atoms with Gasteiger partial charge in [-0.05, 0) is 58.3 Å². The quantitative estimate of drug-likeness (QED) is 0.0436. The molecule has 0 fully saturated rings. The summed E-state index contributed by atoms with van der Waals surface area (Å²) >= 11 is 2.75. The van der Waals surface area contributed by atoms with Gasteiger partial charge in [-0.2, -0.15) is 0 Å². The Morgan fingerprint density at radius 3 is 1.57 bits per heavy atom. The first-order valence-corrected chi connectivity index (χ1v) is 14.8. The van der Waals surface area contributed by atoms with Gasteiger partial charge >= 0.3 is 17.9 Å². The number of methoxy groups -OCH3 is 3. The number of aliphatic carboxylic acids is 2. The smallest absolute Gasteiger partial charge is 0.330 e. The third-order valence-electron chi connectivity index (χ3n) is 4.88. The molecule has 20 heteroatoms. The molecule has 0 heterocycles. The molecule has 0 aromatic heterocycles. The van der Waals surface area contributed by atoms with E-state index in [0.717, 1.165) is 44.2 Å². The van der Waals surface area contributed by atoms with E-state index >= 15 is 0 Å². The zero-order valence-electron chi connectivity index (χ0n) is 29.0. The van der Waals surface area contributed by atoms with Crippen LogP contribution in [0.15, 0.2) is 65.7 Å². The number of aryl methyl sites for hydroxylation is 1. The van der Waals surface area contributed by atoms with Gasteiger partial charge in [0.2, 0.25) is 0 Å². The summed E-state index contributed by atoms with van der Waals surface area (Å²) in [6.07, 6.45) is 3.50. The molecule has 3 aromatic carbocycles. The minimum Gasteiger partial charge on any atom is -0.508 e. The second kappa shape index (κ2) is 31.2. The van der Waals surface area contributed by atoms with E-state index in [1.165, 1.54) is 39.5 Å². The van der Waals surface area contributed by atoms with Crippen molar-refractivity contribution in [1.82, 2.24) is 0 Å². The number of ether oxygens (including phenoxy) is 3. The van der Waals surface area contributed by atoms with Crippen molar-refractivity contribution >= 4 is 51.9 Å². The molecule has 5 N–H and O–H groups in total. The van der Waals surface area contributed by atoms with Crippen LogP contribution in [0.5, 0.6) is 17.2 Å². The van der Waals surface area contributed by atoms with Gasteiger partial charge in [-0.3, -0.25) is 14.4 Å². The van der Waals surface area contributed by atoms with E-state index in [0.29, 0.717) is 12.1 Å². The molecular formula is C34H38BrF5O13Pd. The molecule has 0 radical (unpaired) electrons. The fraction of sp³-hybridized carbons (Fsp3) is 0.206. The zero-order chi connectivity index (χ0) is 41.8. The van der Waals surface area contributed by atoms with E-state index in [-0.39, 0.29) is 56.0 Å². The molecule has 0 aliphatic heterocycles. The number of rotatable bonds is 6. The average Bonchev–Trinajstić information content (AvgIpc) is 3.07. The number of carboxylic acid groups (broad SMARTS) is 2. The second-order valence-corrected chi connectivity index (χ2v) is 9.87. The number of aromatic hydroxyl groups is 3. The maximum absolute atomic E-state index is 13.1. The van der Waals surface area contributed by atoms with Crippen molar-refractivity contribution in [3.8, 4) is 17.2 Å². The van der Waals surface area contributed by atoms with E-state index in [1.54, 1.807) is 0 Å². The molecule has 304 valence electrons. The van der Waals surface area contributed by atoms with E-state index in [4.69, 9.17) is 35.1 Å². The molecule has 0 bridgehead atoms. The molecule has 0 unspecified atom stereocenters. The summed E-state index contributed by atoms with van der Waals surface area (Å²) in [4.78, 5) is 49.3. The van der Waals surface area contributed by atoms with Crippen molar-refractivity contribution < 1.29 is 108 Å². The number of halogens is 6. The van der Waals surface area contributed by atoms with Crippen molar-refractivity contribution in [2.24, 2.45) is 0 Å². The van der Waals surface area contributed by atoms with E-state index in [1.807, 2.05) is 0 Å². The fourth-order valence-corrected chi connectivity index (χ4v) is 2.90. The number of carboxylic acids is 2. The van der Waals surface area contributed by atoms with Crippen LogP contribution in [0.25, 0.3) is 6.08 Å². The Hall–Kier alpha value is -5.32. The predicted octanol–water partition coefficient (Wildman–Crippen LogP) is 6.70. The van der Waals surface area contributed by atoms with Crippen LogP contribution in [0.1, 0.15) is 32.8 Å². The third-order valence-corrected chi connectivity index (χ3v) is 5.49. The van der Waals surface area contributed by atoms with Gasteiger partial charge in [-0.25, -0.2) is 31.5 Å². The second-order valence-electron chi connectivity index (χ2n) is 9.02.